The maximum absolute atomic E-state index is 13.0. The highest BCUT2D eigenvalue weighted by Crippen LogP contribution is 2.29. The van der Waals surface area contributed by atoms with Gasteiger partial charge in [0.15, 0.2) is 0 Å². The first kappa shape index (κ1) is 23.0. The number of benzene rings is 1. The zero-order valence-electron chi connectivity index (χ0n) is 19.6. The monoisotopic (exact) mass is 452 g/mol. The number of imidazole rings is 1. The van der Waals surface area contributed by atoms with Gasteiger partial charge in [-0.3, -0.25) is 14.9 Å². The molecule has 2 amide bonds. The Morgan fingerprint density at radius 2 is 1.94 bits per heavy atom. The minimum atomic E-state index is -0.401. The smallest absolute Gasteiger partial charge is 0.296 e. The maximum Gasteiger partial charge on any atom is 0.296 e. The van der Waals surface area contributed by atoms with Crippen LogP contribution < -0.4 is 10.2 Å². The number of carbonyl (C=O) groups excluding carboxylic acids is 2. The van der Waals surface area contributed by atoms with Crippen molar-refractivity contribution in [2.24, 2.45) is 5.92 Å². The van der Waals surface area contributed by atoms with Crippen molar-refractivity contribution >= 4 is 34.5 Å². The van der Waals surface area contributed by atoms with E-state index in [1.54, 1.807) is 4.90 Å². The molecule has 0 radical (unpaired) electrons. The van der Waals surface area contributed by atoms with Crippen LogP contribution in [0.5, 0.6) is 0 Å². The SMILES string of the molecule is CN(C)CCCn1c(NC(=O)c2ccno2)nc2cc(N(C)C(=O)C3CCCCC3)ccc21. The fourth-order valence-corrected chi connectivity index (χ4v) is 4.44. The molecule has 4 rings (SSSR count). The predicted octanol–water partition coefficient (Wildman–Crippen LogP) is 3.77. The Hall–Kier alpha value is -3.20. The summed E-state index contributed by atoms with van der Waals surface area (Å²) in [5, 5.41) is 6.45. The average Bonchev–Trinajstić information content (AvgIpc) is 3.47. The summed E-state index contributed by atoms with van der Waals surface area (Å²) >= 11 is 0. The molecule has 33 heavy (non-hydrogen) atoms. The van der Waals surface area contributed by atoms with Gasteiger partial charge in [0, 0.05) is 31.3 Å². The molecule has 0 bridgehead atoms. The lowest BCUT2D eigenvalue weighted by Crippen LogP contribution is -2.33. The topological polar surface area (TPSA) is 96.5 Å². The number of aromatic nitrogens is 3. The molecule has 2 aromatic heterocycles. The number of carbonyl (C=O) groups is 2. The van der Waals surface area contributed by atoms with E-state index in [-0.39, 0.29) is 17.6 Å². The molecular weight excluding hydrogens is 420 g/mol. The van der Waals surface area contributed by atoms with E-state index in [4.69, 9.17) is 9.51 Å². The van der Waals surface area contributed by atoms with Crippen molar-refractivity contribution in [3.05, 3.63) is 36.2 Å². The zero-order valence-corrected chi connectivity index (χ0v) is 19.6. The predicted molar refractivity (Wildman–Crippen MR) is 127 cm³/mol. The normalized spacial score (nSPS) is 14.7. The summed E-state index contributed by atoms with van der Waals surface area (Å²) in [5.41, 5.74) is 2.45. The van der Waals surface area contributed by atoms with Crippen molar-refractivity contribution in [3.63, 3.8) is 0 Å². The number of hydrogen-bond donors (Lipinski definition) is 1. The number of anilines is 2. The quantitative estimate of drug-likeness (QED) is 0.559. The highest BCUT2D eigenvalue weighted by Gasteiger charge is 2.25. The van der Waals surface area contributed by atoms with Crippen molar-refractivity contribution in [2.75, 3.05) is 37.9 Å². The number of amides is 2. The highest BCUT2D eigenvalue weighted by molar-refractivity contribution is 6.02. The number of aryl methyl sites for hydroxylation is 1. The van der Waals surface area contributed by atoms with Crippen molar-refractivity contribution in [3.8, 4) is 0 Å². The van der Waals surface area contributed by atoms with Crippen molar-refractivity contribution < 1.29 is 14.1 Å². The first-order valence-electron chi connectivity index (χ1n) is 11.6. The van der Waals surface area contributed by atoms with E-state index in [0.717, 1.165) is 55.4 Å². The molecule has 9 nitrogen and oxygen atoms in total. The van der Waals surface area contributed by atoms with Crippen LogP contribution in [0.3, 0.4) is 0 Å². The molecule has 9 heteroatoms. The number of nitrogens with zero attached hydrogens (tertiary/aromatic N) is 5. The maximum atomic E-state index is 13.0. The molecule has 1 saturated carbocycles. The molecule has 176 valence electrons. The molecule has 0 spiro atoms. The fourth-order valence-electron chi connectivity index (χ4n) is 4.44. The van der Waals surface area contributed by atoms with Crippen LogP contribution in [0.2, 0.25) is 0 Å². The van der Waals surface area contributed by atoms with E-state index >= 15 is 0 Å². The largest absolute Gasteiger partial charge is 0.351 e. The second-order valence-electron chi connectivity index (χ2n) is 8.98. The van der Waals surface area contributed by atoms with Gasteiger partial charge in [-0.25, -0.2) is 4.98 Å². The lowest BCUT2D eigenvalue weighted by Gasteiger charge is -2.26. The Morgan fingerprint density at radius 1 is 1.15 bits per heavy atom. The molecule has 1 aliphatic rings. The second-order valence-corrected chi connectivity index (χ2v) is 8.98. The summed E-state index contributed by atoms with van der Waals surface area (Å²) in [6.07, 6.45) is 7.70. The number of nitrogens with one attached hydrogen (secondary N) is 1. The van der Waals surface area contributed by atoms with Crippen LogP contribution in [0.4, 0.5) is 11.6 Å². The van der Waals surface area contributed by atoms with E-state index in [2.05, 4.69) is 15.4 Å². The van der Waals surface area contributed by atoms with Crippen LogP contribution in [0, 0.1) is 5.92 Å². The Balaban J connectivity index is 1.61. The molecular formula is C24H32N6O3. The van der Waals surface area contributed by atoms with Crippen LogP contribution >= 0.6 is 0 Å². The Bertz CT molecular complexity index is 1100. The lowest BCUT2D eigenvalue weighted by molar-refractivity contribution is -0.123. The molecule has 2 heterocycles. The van der Waals surface area contributed by atoms with Gasteiger partial charge >= 0.3 is 0 Å². The molecule has 0 atom stereocenters. The van der Waals surface area contributed by atoms with Gasteiger partial charge in [0.05, 0.1) is 17.2 Å². The van der Waals surface area contributed by atoms with E-state index in [0.29, 0.717) is 12.5 Å². The second kappa shape index (κ2) is 10.2. The minimum Gasteiger partial charge on any atom is -0.351 e. The van der Waals surface area contributed by atoms with Crippen LogP contribution in [-0.2, 0) is 11.3 Å². The van der Waals surface area contributed by atoms with Gasteiger partial charge in [-0.2, -0.15) is 0 Å². The molecule has 0 aliphatic heterocycles. The molecule has 3 aromatic rings. The summed E-state index contributed by atoms with van der Waals surface area (Å²) in [4.78, 5) is 34.1. The van der Waals surface area contributed by atoms with E-state index < -0.39 is 5.91 Å². The lowest BCUT2D eigenvalue weighted by atomic mass is 9.88. The Kier molecular flexibility index (Phi) is 7.08. The number of rotatable bonds is 8. The third kappa shape index (κ3) is 5.24. The summed E-state index contributed by atoms with van der Waals surface area (Å²) in [6, 6.07) is 7.36. The average molecular weight is 453 g/mol. The van der Waals surface area contributed by atoms with Crippen LogP contribution in [0.15, 0.2) is 35.0 Å². The van der Waals surface area contributed by atoms with Gasteiger partial charge < -0.3 is 18.9 Å². The van der Waals surface area contributed by atoms with Crippen molar-refractivity contribution in [1.29, 1.82) is 0 Å². The first-order chi connectivity index (χ1) is 15.9. The van der Waals surface area contributed by atoms with Gasteiger partial charge in [-0.05, 0) is 58.1 Å². The third-order valence-corrected chi connectivity index (χ3v) is 6.28. The molecule has 1 N–H and O–H groups in total. The Morgan fingerprint density at radius 3 is 2.64 bits per heavy atom. The van der Waals surface area contributed by atoms with Gasteiger partial charge in [-0.1, -0.05) is 24.4 Å². The summed E-state index contributed by atoms with van der Waals surface area (Å²) in [6.45, 7) is 1.60. The fraction of sp³-hybridized carbons (Fsp3) is 0.500. The van der Waals surface area contributed by atoms with E-state index in [9.17, 15) is 9.59 Å². The van der Waals surface area contributed by atoms with Crippen LogP contribution in [0.1, 0.15) is 49.1 Å². The van der Waals surface area contributed by atoms with Gasteiger partial charge in [0.2, 0.25) is 17.6 Å². The summed E-state index contributed by atoms with van der Waals surface area (Å²) in [5.74, 6) is 0.434. The van der Waals surface area contributed by atoms with Gasteiger partial charge in [0.25, 0.3) is 5.91 Å². The number of hydrogen-bond acceptors (Lipinski definition) is 6. The molecule has 0 unspecified atom stereocenters. The third-order valence-electron chi connectivity index (χ3n) is 6.28. The molecule has 1 aliphatic carbocycles. The Labute approximate surface area is 193 Å². The molecule has 1 fully saturated rings. The van der Waals surface area contributed by atoms with Gasteiger partial charge in [0.1, 0.15) is 0 Å². The van der Waals surface area contributed by atoms with Gasteiger partial charge in [-0.15, -0.1) is 0 Å². The zero-order chi connectivity index (χ0) is 23.4. The van der Waals surface area contributed by atoms with Crippen LogP contribution in [0.25, 0.3) is 11.0 Å². The highest BCUT2D eigenvalue weighted by atomic mass is 16.5. The van der Waals surface area contributed by atoms with Crippen LogP contribution in [-0.4, -0.2) is 59.1 Å². The summed E-state index contributed by atoms with van der Waals surface area (Å²) in [7, 11) is 5.90. The molecule has 0 saturated heterocycles. The van der Waals surface area contributed by atoms with E-state index in [1.807, 2.05) is 43.9 Å². The first-order valence-corrected chi connectivity index (χ1v) is 11.6. The number of fused-ring (bicyclic) bond motifs is 1. The van der Waals surface area contributed by atoms with Crippen molar-refractivity contribution in [2.45, 2.75) is 45.1 Å². The van der Waals surface area contributed by atoms with Crippen molar-refractivity contribution in [1.82, 2.24) is 19.6 Å². The molecule has 1 aromatic carbocycles. The van der Waals surface area contributed by atoms with E-state index in [1.165, 1.54) is 18.7 Å². The standard InChI is InChI=1S/C24H32N6O3/c1-28(2)14-7-15-30-20-11-10-18(29(3)23(32)17-8-5-4-6-9-17)16-19(20)26-24(30)27-22(31)21-12-13-25-33-21/h10-13,16-17H,4-9,14-15H2,1-3H3,(H,26,27,31). The summed E-state index contributed by atoms with van der Waals surface area (Å²) < 4.78 is 6.98. The minimum absolute atomic E-state index is 0.0970.